The summed E-state index contributed by atoms with van der Waals surface area (Å²) in [6.07, 6.45) is 1.09. The van der Waals surface area contributed by atoms with Crippen molar-refractivity contribution in [3.63, 3.8) is 0 Å². The van der Waals surface area contributed by atoms with E-state index >= 15 is 0 Å². The first-order chi connectivity index (χ1) is 20.0. The van der Waals surface area contributed by atoms with Crippen molar-refractivity contribution in [1.29, 1.82) is 0 Å². The molecule has 1 N–H and O–H groups in total. The highest BCUT2D eigenvalue weighted by Gasteiger charge is 2.34. The van der Waals surface area contributed by atoms with Gasteiger partial charge in [0.2, 0.25) is 11.8 Å². The van der Waals surface area contributed by atoms with Crippen molar-refractivity contribution in [3.8, 4) is 11.5 Å². The summed E-state index contributed by atoms with van der Waals surface area (Å²) in [6.45, 7) is 7.31. The number of rotatable bonds is 14. The molecule has 0 bridgehead atoms. The van der Waals surface area contributed by atoms with Crippen LogP contribution in [0.5, 0.6) is 11.5 Å². The Hall–Kier alpha value is -4.05. The molecule has 0 saturated carbocycles. The topological polar surface area (TPSA) is 105 Å². The third-order valence-corrected chi connectivity index (χ3v) is 8.90. The molecule has 0 aromatic heterocycles. The lowest BCUT2D eigenvalue weighted by Gasteiger charge is -2.33. The van der Waals surface area contributed by atoms with Gasteiger partial charge in [0.25, 0.3) is 10.0 Å². The first kappa shape index (κ1) is 32.5. The van der Waals surface area contributed by atoms with Crippen LogP contribution in [0.3, 0.4) is 0 Å². The van der Waals surface area contributed by atoms with Crippen LogP contribution in [0.2, 0.25) is 0 Å². The molecule has 9 nitrogen and oxygen atoms in total. The van der Waals surface area contributed by atoms with Crippen LogP contribution in [-0.4, -0.2) is 58.0 Å². The molecule has 10 heteroatoms. The molecule has 3 rings (SSSR count). The fourth-order valence-electron chi connectivity index (χ4n) is 4.48. The molecular formula is C32H41N3O6S. The normalized spacial score (nSPS) is 12.6. The van der Waals surface area contributed by atoms with Crippen molar-refractivity contribution in [2.45, 2.75) is 64.1 Å². The van der Waals surface area contributed by atoms with E-state index < -0.39 is 28.5 Å². The van der Waals surface area contributed by atoms with Crippen LogP contribution in [0.4, 0.5) is 5.69 Å². The number of hydrogen-bond donors (Lipinski definition) is 1. The summed E-state index contributed by atoms with van der Waals surface area (Å²) in [6, 6.07) is 19.5. The first-order valence-corrected chi connectivity index (χ1v) is 15.4. The van der Waals surface area contributed by atoms with Crippen molar-refractivity contribution < 1.29 is 27.5 Å². The number of sulfonamides is 1. The van der Waals surface area contributed by atoms with Gasteiger partial charge in [-0.15, -0.1) is 0 Å². The molecule has 0 aliphatic rings. The maximum absolute atomic E-state index is 14.2. The van der Waals surface area contributed by atoms with Gasteiger partial charge in [0, 0.05) is 18.7 Å². The molecule has 2 atom stereocenters. The van der Waals surface area contributed by atoms with Crippen LogP contribution >= 0.6 is 0 Å². The predicted octanol–water partition coefficient (Wildman–Crippen LogP) is 4.93. The van der Waals surface area contributed by atoms with E-state index in [9.17, 15) is 18.0 Å². The summed E-state index contributed by atoms with van der Waals surface area (Å²) in [5, 5.41) is 2.98. The minimum Gasteiger partial charge on any atom is -0.493 e. The molecular weight excluding hydrogens is 554 g/mol. The Bertz CT molecular complexity index is 1440. The summed E-state index contributed by atoms with van der Waals surface area (Å²) < 4.78 is 39.9. The number of carbonyl (C=O) groups excluding carboxylic acids is 2. The molecule has 0 aliphatic heterocycles. The lowest BCUT2D eigenvalue weighted by atomic mass is 10.1. The van der Waals surface area contributed by atoms with Gasteiger partial charge in [-0.25, -0.2) is 8.42 Å². The van der Waals surface area contributed by atoms with Gasteiger partial charge >= 0.3 is 0 Å². The number of ether oxygens (including phenoxy) is 2. The van der Waals surface area contributed by atoms with E-state index in [1.165, 1.54) is 37.3 Å². The van der Waals surface area contributed by atoms with Crippen molar-refractivity contribution in [2.24, 2.45) is 0 Å². The molecule has 2 amide bonds. The molecule has 42 heavy (non-hydrogen) atoms. The van der Waals surface area contributed by atoms with E-state index in [2.05, 4.69) is 5.32 Å². The minimum absolute atomic E-state index is 0.0663. The monoisotopic (exact) mass is 595 g/mol. The average Bonchev–Trinajstić information content (AvgIpc) is 3.00. The highest BCUT2D eigenvalue weighted by Crippen LogP contribution is 2.32. The maximum Gasteiger partial charge on any atom is 0.264 e. The number of hydrogen-bond acceptors (Lipinski definition) is 6. The highest BCUT2D eigenvalue weighted by atomic mass is 32.2. The van der Waals surface area contributed by atoms with Gasteiger partial charge in [0.1, 0.15) is 12.6 Å². The van der Waals surface area contributed by atoms with Gasteiger partial charge in [-0.05, 0) is 56.5 Å². The van der Waals surface area contributed by atoms with Crippen LogP contribution in [0.25, 0.3) is 0 Å². The minimum atomic E-state index is -4.24. The SMILES string of the molecule is CC[C@@H](C)NC(=O)[C@@H](CC)N(Cc1ccc(C)cc1)C(=O)CN(c1ccccc1)S(=O)(=O)c1ccc(OC)c(OC)c1. The molecule has 0 spiro atoms. The number of aryl methyl sites for hydroxylation is 1. The number of carbonyl (C=O) groups is 2. The summed E-state index contributed by atoms with van der Waals surface area (Å²) in [4.78, 5) is 28.9. The number of nitrogens with zero attached hydrogens (tertiary/aromatic N) is 2. The fourth-order valence-corrected chi connectivity index (χ4v) is 5.91. The Morgan fingerprint density at radius 2 is 1.52 bits per heavy atom. The summed E-state index contributed by atoms with van der Waals surface area (Å²) >= 11 is 0. The van der Waals surface area contributed by atoms with E-state index in [1.807, 2.05) is 52.0 Å². The standard InChI is InChI=1S/C32H41N3O6S/c1-7-24(4)33-32(37)28(8-2)34(21-25-16-14-23(3)15-17-25)31(36)22-35(26-12-10-9-11-13-26)42(38,39)27-18-19-29(40-5)30(20-27)41-6/h9-20,24,28H,7-8,21-22H2,1-6H3,(H,33,37)/t24-,28-/m1/s1. The third kappa shape index (κ3) is 7.82. The van der Waals surface area contributed by atoms with Crippen LogP contribution in [-0.2, 0) is 26.2 Å². The number of benzene rings is 3. The molecule has 226 valence electrons. The summed E-state index contributed by atoms with van der Waals surface area (Å²) in [5.41, 5.74) is 2.21. The predicted molar refractivity (Wildman–Crippen MR) is 164 cm³/mol. The quantitative estimate of drug-likeness (QED) is 0.283. The molecule has 0 aliphatic carbocycles. The van der Waals surface area contributed by atoms with Crippen LogP contribution in [0.1, 0.15) is 44.7 Å². The lowest BCUT2D eigenvalue weighted by Crippen LogP contribution is -2.53. The second-order valence-electron chi connectivity index (χ2n) is 10.1. The van der Waals surface area contributed by atoms with Gasteiger partial charge < -0.3 is 19.7 Å². The molecule has 0 saturated heterocycles. The number of methoxy groups -OCH3 is 2. The second kappa shape index (κ2) is 14.7. The van der Waals surface area contributed by atoms with Gasteiger partial charge in [0.15, 0.2) is 11.5 Å². The molecule has 3 aromatic carbocycles. The zero-order valence-corrected chi connectivity index (χ0v) is 26.0. The average molecular weight is 596 g/mol. The first-order valence-electron chi connectivity index (χ1n) is 14.0. The summed E-state index contributed by atoms with van der Waals surface area (Å²) in [7, 11) is -1.36. The van der Waals surface area contributed by atoms with Crippen LogP contribution in [0, 0.1) is 6.92 Å². The van der Waals surface area contributed by atoms with Gasteiger partial charge in [-0.1, -0.05) is 61.9 Å². The number of para-hydroxylation sites is 1. The van der Waals surface area contributed by atoms with Crippen LogP contribution in [0.15, 0.2) is 77.7 Å². The Morgan fingerprint density at radius 3 is 2.10 bits per heavy atom. The fraction of sp³-hybridized carbons (Fsp3) is 0.375. The van der Waals surface area contributed by atoms with Gasteiger partial charge in [-0.3, -0.25) is 13.9 Å². The Labute approximate surface area is 249 Å². The Balaban J connectivity index is 2.06. The second-order valence-corrected chi connectivity index (χ2v) is 12.0. The highest BCUT2D eigenvalue weighted by molar-refractivity contribution is 7.92. The zero-order valence-electron chi connectivity index (χ0n) is 25.2. The van der Waals surface area contributed by atoms with Crippen LogP contribution < -0.4 is 19.1 Å². The molecule has 0 heterocycles. The number of nitrogens with one attached hydrogen (secondary N) is 1. The van der Waals surface area contributed by atoms with Gasteiger partial charge in [-0.2, -0.15) is 0 Å². The molecule has 0 radical (unpaired) electrons. The smallest absolute Gasteiger partial charge is 0.264 e. The molecule has 0 unspecified atom stereocenters. The van der Waals surface area contributed by atoms with Crippen molar-refractivity contribution >= 4 is 27.5 Å². The number of anilines is 1. The largest absolute Gasteiger partial charge is 0.493 e. The third-order valence-electron chi connectivity index (χ3n) is 7.13. The van der Waals surface area contributed by atoms with E-state index in [0.717, 1.165) is 21.9 Å². The zero-order chi connectivity index (χ0) is 30.9. The van der Waals surface area contributed by atoms with Gasteiger partial charge in [0.05, 0.1) is 24.8 Å². The lowest BCUT2D eigenvalue weighted by molar-refractivity contribution is -0.140. The van der Waals surface area contributed by atoms with E-state index in [0.29, 0.717) is 17.9 Å². The number of amides is 2. The van der Waals surface area contributed by atoms with Crippen molar-refractivity contribution in [2.75, 3.05) is 25.1 Å². The van der Waals surface area contributed by atoms with E-state index in [4.69, 9.17) is 9.47 Å². The molecule has 0 fully saturated rings. The van der Waals surface area contributed by atoms with E-state index in [1.54, 1.807) is 30.3 Å². The Morgan fingerprint density at radius 1 is 0.881 bits per heavy atom. The van der Waals surface area contributed by atoms with Crippen molar-refractivity contribution in [1.82, 2.24) is 10.2 Å². The maximum atomic E-state index is 14.2. The van der Waals surface area contributed by atoms with E-state index in [-0.39, 0.29) is 29.1 Å². The Kier molecular flexibility index (Phi) is 11.4. The van der Waals surface area contributed by atoms with Crippen molar-refractivity contribution in [3.05, 3.63) is 83.9 Å². The summed E-state index contributed by atoms with van der Waals surface area (Å²) in [5.74, 6) is -0.163. The molecule has 3 aromatic rings.